The van der Waals surface area contributed by atoms with Crippen molar-refractivity contribution in [3.63, 3.8) is 0 Å². The Morgan fingerprint density at radius 3 is 1.79 bits per heavy atom. The molecule has 0 saturated carbocycles. The Kier molecular flexibility index (Phi) is 6.23. The van der Waals surface area contributed by atoms with E-state index >= 15 is 0 Å². The second-order valence-electron chi connectivity index (χ2n) is 11.6. The van der Waals surface area contributed by atoms with Gasteiger partial charge in [0, 0.05) is 6.20 Å². The maximum atomic E-state index is 4.70. The normalized spacial score (nSPS) is 13.3. The first-order chi connectivity index (χ1) is 21.2. The van der Waals surface area contributed by atoms with Gasteiger partial charge in [-0.05, 0) is 121 Å². The quantitative estimate of drug-likeness (QED) is 0.199. The zero-order valence-corrected chi connectivity index (χ0v) is 24.2. The smallest absolute Gasteiger partial charge is 0.0662 e. The number of aryl methyl sites for hydroxylation is 1. The highest BCUT2D eigenvalue weighted by Gasteiger charge is 2.17. The van der Waals surface area contributed by atoms with Gasteiger partial charge in [0.05, 0.1) is 5.69 Å². The lowest BCUT2D eigenvalue weighted by molar-refractivity contribution is 1.04. The minimum Gasteiger partial charge on any atom is -0.256 e. The largest absolute Gasteiger partial charge is 0.256 e. The van der Waals surface area contributed by atoms with E-state index in [1.54, 1.807) is 0 Å². The highest BCUT2D eigenvalue weighted by Crippen LogP contribution is 2.44. The van der Waals surface area contributed by atoms with Crippen LogP contribution in [0.5, 0.6) is 0 Å². The van der Waals surface area contributed by atoms with Gasteiger partial charge in [0.1, 0.15) is 0 Å². The first-order valence-corrected chi connectivity index (χ1v) is 15.1. The van der Waals surface area contributed by atoms with Crippen LogP contribution in [0.1, 0.15) is 29.7 Å². The fourth-order valence-electron chi connectivity index (χ4n) is 6.70. The predicted octanol–water partition coefficient (Wildman–Crippen LogP) is 11.4. The zero-order valence-electron chi connectivity index (χ0n) is 24.2. The summed E-state index contributed by atoms with van der Waals surface area (Å²) in [5, 5.41) is 7.64. The van der Waals surface area contributed by atoms with Crippen molar-refractivity contribution in [3.05, 3.63) is 163 Å². The molecule has 0 N–H and O–H groups in total. The number of aromatic nitrogens is 1. The lowest BCUT2D eigenvalue weighted by atomic mass is 9.85. The molecular formula is C42H31N. The summed E-state index contributed by atoms with van der Waals surface area (Å²) >= 11 is 0. The average molecular weight is 550 g/mol. The lowest BCUT2D eigenvalue weighted by Crippen LogP contribution is -1.95. The average Bonchev–Trinajstić information content (AvgIpc) is 3.07. The van der Waals surface area contributed by atoms with Crippen LogP contribution in [0, 0.1) is 6.92 Å². The molecule has 0 bridgehead atoms. The van der Waals surface area contributed by atoms with E-state index < -0.39 is 0 Å². The Morgan fingerprint density at radius 1 is 0.535 bits per heavy atom. The fourth-order valence-corrected chi connectivity index (χ4v) is 6.70. The van der Waals surface area contributed by atoms with Crippen molar-refractivity contribution in [2.45, 2.75) is 19.8 Å². The Hall–Kier alpha value is -5.27. The van der Waals surface area contributed by atoms with Gasteiger partial charge in [-0.1, -0.05) is 115 Å². The second kappa shape index (κ2) is 10.5. The van der Waals surface area contributed by atoms with Gasteiger partial charge in [0.15, 0.2) is 0 Å². The van der Waals surface area contributed by atoms with Gasteiger partial charge in [-0.15, -0.1) is 0 Å². The molecule has 1 heterocycles. The van der Waals surface area contributed by atoms with E-state index in [0.29, 0.717) is 0 Å². The Balaban J connectivity index is 1.29. The van der Waals surface area contributed by atoms with Crippen LogP contribution < -0.4 is 0 Å². The molecule has 1 heteroatoms. The molecule has 0 atom stereocenters. The molecule has 0 saturated heterocycles. The van der Waals surface area contributed by atoms with Crippen LogP contribution in [-0.2, 0) is 0 Å². The maximum Gasteiger partial charge on any atom is 0.0662 e. The summed E-state index contributed by atoms with van der Waals surface area (Å²) in [5.74, 6) is 0. The van der Waals surface area contributed by atoms with E-state index in [-0.39, 0.29) is 0 Å². The van der Waals surface area contributed by atoms with Crippen molar-refractivity contribution in [3.8, 4) is 22.3 Å². The molecule has 0 aliphatic heterocycles. The summed E-state index contributed by atoms with van der Waals surface area (Å²) in [6.45, 7) is 2.09. The van der Waals surface area contributed by atoms with Crippen LogP contribution in [-0.4, -0.2) is 4.98 Å². The Bertz CT molecular complexity index is 2160. The minimum absolute atomic E-state index is 1.02. The third-order valence-electron chi connectivity index (χ3n) is 8.80. The van der Waals surface area contributed by atoms with E-state index in [0.717, 1.165) is 18.5 Å². The number of nitrogens with zero attached hydrogens (tertiary/aromatic N) is 1. The van der Waals surface area contributed by atoms with Gasteiger partial charge in [-0.25, -0.2) is 0 Å². The zero-order chi connectivity index (χ0) is 28.8. The van der Waals surface area contributed by atoms with Crippen LogP contribution in [0.4, 0.5) is 0 Å². The summed E-state index contributed by atoms with van der Waals surface area (Å²) in [4.78, 5) is 4.70. The van der Waals surface area contributed by atoms with Crippen molar-refractivity contribution in [2.75, 3.05) is 0 Å². The molecule has 7 aromatic rings. The molecule has 0 unspecified atom stereocenters. The summed E-state index contributed by atoms with van der Waals surface area (Å²) in [6, 6.07) is 46.7. The lowest BCUT2D eigenvalue weighted by Gasteiger charge is -2.18. The van der Waals surface area contributed by atoms with Gasteiger partial charge in [0.25, 0.3) is 0 Å². The Morgan fingerprint density at radius 2 is 1.14 bits per heavy atom. The first kappa shape index (κ1) is 25.4. The molecule has 43 heavy (non-hydrogen) atoms. The van der Waals surface area contributed by atoms with Crippen LogP contribution in [0.2, 0.25) is 0 Å². The summed E-state index contributed by atoms with van der Waals surface area (Å²) in [6.07, 6.45) is 8.71. The summed E-state index contributed by atoms with van der Waals surface area (Å²) < 4.78 is 0. The predicted molar refractivity (Wildman–Crippen MR) is 184 cm³/mol. The van der Waals surface area contributed by atoms with Crippen LogP contribution in [0.25, 0.3) is 65.7 Å². The number of allylic oxidation sites excluding steroid dienone is 4. The molecule has 204 valence electrons. The van der Waals surface area contributed by atoms with Crippen molar-refractivity contribution in [2.24, 2.45) is 0 Å². The number of rotatable bonds is 4. The van der Waals surface area contributed by atoms with E-state index in [1.807, 2.05) is 6.20 Å². The van der Waals surface area contributed by atoms with Gasteiger partial charge >= 0.3 is 0 Å². The third-order valence-corrected chi connectivity index (χ3v) is 8.80. The maximum absolute atomic E-state index is 4.70. The molecule has 1 aliphatic carbocycles. The first-order valence-electron chi connectivity index (χ1n) is 15.1. The Labute approximate surface area is 252 Å². The molecular weight excluding hydrogens is 518 g/mol. The number of fused-ring (bicyclic) bond motifs is 3. The molecule has 0 amide bonds. The van der Waals surface area contributed by atoms with Crippen LogP contribution >= 0.6 is 0 Å². The topological polar surface area (TPSA) is 12.9 Å². The number of pyridine rings is 1. The van der Waals surface area contributed by atoms with E-state index in [1.165, 1.54) is 76.8 Å². The van der Waals surface area contributed by atoms with Crippen molar-refractivity contribution in [1.29, 1.82) is 0 Å². The molecule has 1 aromatic heterocycles. The monoisotopic (exact) mass is 549 g/mol. The molecule has 0 fully saturated rings. The fraction of sp³-hybridized carbons (Fsp3) is 0.0714. The number of benzene rings is 6. The molecule has 1 aliphatic rings. The van der Waals surface area contributed by atoms with E-state index in [9.17, 15) is 0 Å². The number of hydrogen-bond acceptors (Lipinski definition) is 1. The van der Waals surface area contributed by atoms with Crippen molar-refractivity contribution < 1.29 is 0 Å². The molecule has 1 nitrogen and oxygen atoms in total. The summed E-state index contributed by atoms with van der Waals surface area (Å²) in [5.41, 5.74) is 11.2. The highest BCUT2D eigenvalue weighted by atomic mass is 14.7. The van der Waals surface area contributed by atoms with Gasteiger partial charge < -0.3 is 0 Å². The SMILES string of the molecule is Cc1ccc(C2=CC(c3ccc4ccc(-c5c6ccccc6c(-c6ccccc6)c6ccccc56)cc4c3)=CCC2)nc1. The van der Waals surface area contributed by atoms with Gasteiger partial charge in [-0.2, -0.15) is 0 Å². The van der Waals surface area contributed by atoms with Crippen molar-refractivity contribution in [1.82, 2.24) is 4.98 Å². The third kappa shape index (κ3) is 4.54. The molecule has 0 radical (unpaired) electrons. The van der Waals surface area contributed by atoms with Gasteiger partial charge in [-0.3, -0.25) is 4.98 Å². The van der Waals surface area contributed by atoms with Gasteiger partial charge in [0.2, 0.25) is 0 Å². The summed E-state index contributed by atoms with van der Waals surface area (Å²) in [7, 11) is 0. The van der Waals surface area contributed by atoms with Crippen LogP contribution in [0.3, 0.4) is 0 Å². The molecule has 6 aromatic carbocycles. The highest BCUT2D eigenvalue weighted by molar-refractivity contribution is 6.21. The van der Waals surface area contributed by atoms with E-state index in [2.05, 4.69) is 146 Å². The standard InChI is InChI=1S/C42H31N/c1-28-18-23-40(43-27-28)33-13-9-12-31(24-33)32-21-19-29-20-22-34(26-35(29)25-32)42-38-16-7-5-14-36(38)41(30-10-3-2-4-11-30)37-15-6-8-17-39(37)42/h2-8,10-12,14-27H,9,13H2,1H3. The van der Waals surface area contributed by atoms with Crippen LogP contribution in [0.15, 0.2) is 146 Å². The molecule has 0 spiro atoms. The number of hydrogen-bond donors (Lipinski definition) is 0. The molecule has 8 rings (SSSR count). The van der Waals surface area contributed by atoms with E-state index in [4.69, 9.17) is 4.98 Å². The second-order valence-corrected chi connectivity index (χ2v) is 11.6. The van der Waals surface area contributed by atoms with Crippen molar-refractivity contribution >= 4 is 43.5 Å². The minimum atomic E-state index is 1.02.